The second-order valence-corrected chi connectivity index (χ2v) is 6.70. The van der Waals surface area contributed by atoms with Crippen molar-refractivity contribution in [3.63, 3.8) is 0 Å². The van der Waals surface area contributed by atoms with Crippen molar-refractivity contribution < 1.29 is 14.3 Å². The van der Waals surface area contributed by atoms with E-state index in [1.54, 1.807) is 6.92 Å². The first-order valence-corrected chi connectivity index (χ1v) is 8.56. The van der Waals surface area contributed by atoms with Crippen LogP contribution in [0.25, 0.3) is 0 Å². The molecule has 0 aliphatic heterocycles. The highest BCUT2D eigenvalue weighted by atomic mass is 16.5. The van der Waals surface area contributed by atoms with E-state index in [-0.39, 0.29) is 23.8 Å². The Hall–Kier alpha value is -1.85. The third-order valence-corrected chi connectivity index (χ3v) is 4.83. The highest BCUT2D eigenvalue weighted by Gasteiger charge is 2.37. The fraction of sp³-hybridized carbons (Fsp3) is 0.706. The first-order chi connectivity index (χ1) is 11.1. The van der Waals surface area contributed by atoms with Gasteiger partial charge in [0.1, 0.15) is 0 Å². The summed E-state index contributed by atoms with van der Waals surface area (Å²) < 4.78 is 4.79. The standard InChI is InChI=1S/C17H25N3O3/c1-11(17(22)23-2)10-20(12-8-9-12)16(21)15-13-6-4-3-5-7-14(13)18-19-15/h11-12H,3-10H2,1-2H3,(H,18,19). The number of rotatable bonds is 5. The quantitative estimate of drug-likeness (QED) is 0.666. The highest BCUT2D eigenvalue weighted by Crippen LogP contribution is 2.31. The first-order valence-electron chi connectivity index (χ1n) is 8.56. The lowest BCUT2D eigenvalue weighted by Crippen LogP contribution is -2.39. The van der Waals surface area contributed by atoms with Gasteiger partial charge in [-0.25, -0.2) is 0 Å². The predicted molar refractivity (Wildman–Crippen MR) is 85.1 cm³/mol. The third kappa shape index (κ3) is 3.41. The number of hydrogen-bond donors (Lipinski definition) is 1. The SMILES string of the molecule is COC(=O)C(C)CN(C(=O)c1n[nH]c2c1CCCCC2)C1CC1. The molecule has 1 aromatic rings. The molecule has 1 aromatic heterocycles. The van der Waals surface area contributed by atoms with Gasteiger partial charge in [-0.05, 0) is 38.5 Å². The maximum atomic E-state index is 13.0. The lowest BCUT2D eigenvalue weighted by Gasteiger charge is -2.24. The molecule has 2 aliphatic rings. The van der Waals surface area contributed by atoms with Gasteiger partial charge in [0.15, 0.2) is 5.69 Å². The number of carbonyl (C=O) groups is 2. The number of ether oxygens (including phenoxy) is 1. The molecule has 0 aromatic carbocycles. The van der Waals surface area contributed by atoms with Crippen molar-refractivity contribution in [2.24, 2.45) is 5.92 Å². The molecule has 2 aliphatic carbocycles. The molecule has 1 N–H and O–H groups in total. The molecule has 1 saturated carbocycles. The van der Waals surface area contributed by atoms with Crippen molar-refractivity contribution in [3.8, 4) is 0 Å². The van der Waals surface area contributed by atoms with Crippen molar-refractivity contribution in [1.29, 1.82) is 0 Å². The Kier molecular flexibility index (Phi) is 4.68. The number of esters is 1. The predicted octanol–water partition coefficient (Wildman–Crippen LogP) is 2.09. The zero-order valence-corrected chi connectivity index (χ0v) is 13.9. The molecule has 3 rings (SSSR count). The van der Waals surface area contributed by atoms with E-state index in [9.17, 15) is 9.59 Å². The number of aromatic amines is 1. The van der Waals surface area contributed by atoms with E-state index in [1.807, 2.05) is 4.90 Å². The summed E-state index contributed by atoms with van der Waals surface area (Å²) in [5.41, 5.74) is 2.76. The van der Waals surface area contributed by atoms with Crippen LogP contribution in [0.3, 0.4) is 0 Å². The van der Waals surface area contributed by atoms with Gasteiger partial charge in [-0.2, -0.15) is 5.10 Å². The number of aryl methyl sites for hydroxylation is 1. The minimum atomic E-state index is -0.318. The number of fused-ring (bicyclic) bond motifs is 1. The van der Waals surface area contributed by atoms with Crippen molar-refractivity contribution in [2.45, 2.75) is 57.9 Å². The number of nitrogens with zero attached hydrogens (tertiary/aromatic N) is 2. The average molecular weight is 319 g/mol. The minimum Gasteiger partial charge on any atom is -0.469 e. The van der Waals surface area contributed by atoms with E-state index < -0.39 is 0 Å². The number of hydrogen-bond acceptors (Lipinski definition) is 4. The van der Waals surface area contributed by atoms with Crippen LogP contribution >= 0.6 is 0 Å². The van der Waals surface area contributed by atoms with Gasteiger partial charge >= 0.3 is 5.97 Å². The zero-order chi connectivity index (χ0) is 16.4. The van der Waals surface area contributed by atoms with Gasteiger partial charge in [-0.15, -0.1) is 0 Å². The summed E-state index contributed by atoms with van der Waals surface area (Å²) in [6.45, 7) is 2.21. The van der Waals surface area contributed by atoms with Crippen LogP contribution in [0.2, 0.25) is 0 Å². The summed E-state index contributed by atoms with van der Waals surface area (Å²) in [5, 5.41) is 7.37. The van der Waals surface area contributed by atoms with Crippen LogP contribution in [0.1, 0.15) is 60.8 Å². The Morgan fingerprint density at radius 2 is 2.04 bits per heavy atom. The Morgan fingerprint density at radius 1 is 1.30 bits per heavy atom. The summed E-state index contributed by atoms with van der Waals surface area (Å²) in [4.78, 5) is 26.5. The van der Waals surface area contributed by atoms with Gasteiger partial charge in [0.25, 0.3) is 5.91 Å². The zero-order valence-electron chi connectivity index (χ0n) is 13.9. The van der Waals surface area contributed by atoms with Crippen molar-refractivity contribution in [3.05, 3.63) is 17.0 Å². The van der Waals surface area contributed by atoms with Crippen LogP contribution in [-0.2, 0) is 22.4 Å². The fourth-order valence-corrected chi connectivity index (χ4v) is 3.33. The van der Waals surface area contributed by atoms with Crippen molar-refractivity contribution >= 4 is 11.9 Å². The van der Waals surface area contributed by atoms with E-state index in [0.717, 1.165) is 49.8 Å². The van der Waals surface area contributed by atoms with Gasteiger partial charge in [-0.3, -0.25) is 14.7 Å². The van der Waals surface area contributed by atoms with Crippen molar-refractivity contribution in [1.82, 2.24) is 15.1 Å². The molecule has 0 radical (unpaired) electrons. The number of carbonyl (C=O) groups excluding carboxylic acids is 2. The molecule has 1 fully saturated rings. The van der Waals surface area contributed by atoms with Crippen LogP contribution in [0, 0.1) is 5.92 Å². The summed E-state index contributed by atoms with van der Waals surface area (Å²) in [7, 11) is 1.38. The summed E-state index contributed by atoms with van der Waals surface area (Å²) in [6.07, 6.45) is 7.35. The number of methoxy groups -OCH3 is 1. The molecule has 0 saturated heterocycles. The molecule has 23 heavy (non-hydrogen) atoms. The molecule has 1 amide bonds. The van der Waals surface area contributed by atoms with Crippen LogP contribution in [0.15, 0.2) is 0 Å². The number of H-pyrrole nitrogens is 1. The van der Waals surface area contributed by atoms with E-state index >= 15 is 0 Å². The first kappa shape index (κ1) is 16.0. The van der Waals surface area contributed by atoms with E-state index in [4.69, 9.17) is 4.74 Å². The Labute approximate surface area is 136 Å². The van der Waals surface area contributed by atoms with Crippen LogP contribution in [-0.4, -0.2) is 46.7 Å². The number of aromatic nitrogens is 2. The summed E-state index contributed by atoms with van der Waals surface area (Å²) >= 11 is 0. The third-order valence-electron chi connectivity index (χ3n) is 4.83. The Bertz CT molecular complexity index is 592. The van der Waals surface area contributed by atoms with E-state index in [1.165, 1.54) is 13.5 Å². The number of amides is 1. The fourth-order valence-electron chi connectivity index (χ4n) is 3.33. The normalized spacial score (nSPS) is 18.7. The average Bonchev–Trinajstić information content (AvgIpc) is 3.36. The Balaban J connectivity index is 1.79. The molecule has 1 heterocycles. The van der Waals surface area contributed by atoms with E-state index in [0.29, 0.717) is 12.2 Å². The molecule has 6 nitrogen and oxygen atoms in total. The largest absolute Gasteiger partial charge is 0.469 e. The topological polar surface area (TPSA) is 75.3 Å². The van der Waals surface area contributed by atoms with Crippen LogP contribution in [0.5, 0.6) is 0 Å². The minimum absolute atomic E-state index is 0.0392. The monoisotopic (exact) mass is 319 g/mol. The summed E-state index contributed by atoms with van der Waals surface area (Å²) in [5.74, 6) is -0.631. The van der Waals surface area contributed by atoms with E-state index in [2.05, 4.69) is 10.2 Å². The maximum Gasteiger partial charge on any atom is 0.310 e. The number of nitrogens with one attached hydrogen (secondary N) is 1. The van der Waals surface area contributed by atoms with Crippen LogP contribution < -0.4 is 0 Å². The van der Waals surface area contributed by atoms with Crippen LogP contribution in [0.4, 0.5) is 0 Å². The van der Waals surface area contributed by atoms with Crippen molar-refractivity contribution in [2.75, 3.05) is 13.7 Å². The second-order valence-electron chi connectivity index (χ2n) is 6.70. The van der Waals surface area contributed by atoms with Gasteiger partial charge in [-0.1, -0.05) is 13.3 Å². The molecule has 0 bridgehead atoms. The van der Waals surface area contributed by atoms with Gasteiger partial charge in [0, 0.05) is 23.8 Å². The molecular weight excluding hydrogens is 294 g/mol. The second kappa shape index (κ2) is 6.72. The van der Waals surface area contributed by atoms with Gasteiger partial charge in [0.2, 0.25) is 0 Å². The highest BCUT2D eigenvalue weighted by molar-refractivity contribution is 5.94. The molecule has 126 valence electrons. The molecule has 1 atom stereocenters. The van der Waals surface area contributed by atoms with Gasteiger partial charge < -0.3 is 9.64 Å². The smallest absolute Gasteiger partial charge is 0.310 e. The molecular formula is C17H25N3O3. The van der Waals surface area contributed by atoms with Gasteiger partial charge in [0.05, 0.1) is 13.0 Å². The lowest BCUT2D eigenvalue weighted by atomic mass is 10.1. The lowest BCUT2D eigenvalue weighted by molar-refractivity contribution is -0.145. The Morgan fingerprint density at radius 3 is 2.74 bits per heavy atom. The molecule has 6 heteroatoms. The molecule has 0 spiro atoms. The molecule has 1 unspecified atom stereocenters. The summed E-state index contributed by atoms with van der Waals surface area (Å²) in [6, 6.07) is 0.243. The maximum absolute atomic E-state index is 13.0.